The molecule has 1 atom stereocenters. The number of carbonyl (C=O) groups excluding carboxylic acids is 1. The molecule has 8 heteroatoms. The number of aryl methyl sites for hydroxylation is 1. The number of carbonyl (C=O) groups is 1. The van der Waals surface area contributed by atoms with Crippen molar-refractivity contribution in [3.05, 3.63) is 30.1 Å². The normalized spacial score (nSPS) is 12.1. The van der Waals surface area contributed by atoms with Gasteiger partial charge in [-0.25, -0.2) is 15.0 Å². The van der Waals surface area contributed by atoms with Crippen LogP contribution in [-0.4, -0.2) is 36.8 Å². The molecular weight excluding hydrogens is 276 g/mol. The Morgan fingerprint density at radius 3 is 3.05 bits per heavy atom. The molecule has 0 saturated heterocycles. The Kier molecular flexibility index (Phi) is 5.05. The third-order valence-corrected chi connectivity index (χ3v) is 3.45. The molecule has 0 aromatic carbocycles. The second kappa shape index (κ2) is 6.99. The molecular formula is C12H16N6OS. The smallest absolute Gasteiger partial charge is 0.231 e. The van der Waals surface area contributed by atoms with Gasteiger partial charge in [-0.3, -0.25) is 9.89 Å². The van der Waals surface area contributed by atoms with Gasteiger partial charge in [0, 0.05) is 12.6 Å². The standard InChI is InChI=1S/C12H16N6OS/c1-3-10-16-12(18-17-10)20-6-11(19)15-8(2)9-4-5-13-7-14-9/h4-5,7-8H,3,6H2,1-2H3,(H,15,19)(H,16,17,18)/t8-/m0/s1. The molecule has 2 rings (SSSR count). The average molecular weight is 292 g/mol. The number of aromatic nitrogens is 5. The fourth-order valence-corrected chi connectivity index (χ4v) is 2.17. The Labute approximate surface area is 121 Å². The molecule has 0 saturated carbocycles. The zero-order valence-corrected chi connectivity index (χ0v) is 12.1. The first kappa shape index (κ1) is 14.4. The Morgan fingerprint density at radius 2 is 2.40 bits per heavy atom. The van der Waals surface area contributed by atoms with Crippen LogP contribution in [0.15, 0.2) is 23.7 Å². The maximum atomic E-state index is 11.8. The molecule has 0 aliphatic rings. The lowest BCUT2D eigenvalue weighted by molar-refractivity contribution is -0.119. The molecule has 2 aromatic rings. The number of aromatic amines is 1. The fourth-order valence-electron chi connectivity index (χ4n) is 1.54. The molecule has 0 aliphatic heterocycles. The van der Waals surface area contributed by atoms with Crippen molar-refractivity contribution >= 4 is 17.7 Å². The molecule has 106 valence electrons. The van der Waals surface area contributed by atoms with Crippen molar-refractivity contribution in [3.63, 3.8) is 0 Å². The first-order valence-electron chi connectivity index (χ1n) is 6.28. The predicted molar refractivity (Wildman–Crippen MR) is 75.1 cm³/mol. The topological polar surface area (TPSA) is 96.5 Å². The number of thioether (sulfide) groups is 1. The van der Waals surface area contributed by atoms with E-state index in [-0.39, 0.29) is 17.7 Å². The minimum atomic E-state index is -0.149. The van der Waals surface area contributed by atoms with Gasteiger partial charge in [-0.1, -0.05) is 18.7 Å². The average Bonchev–Trinajstić information content (AvgIpc) is 2.94. The van der Waals surface area contributed by atoms with Gasteiger partial charge in [0.1, 0.15) is 12.2 Å². The van der Waals surface area contributed by atoms with Crippen LogP contribution in [0, 0.1) is 0 Å². The SMILES string of the molecule is CCc1nc(SCC(=O)N[C@@H](C)c2ccncn2)n[nH]1. The van der Waals surface area contributed by atoms with Crippen LogP contribution in [0.25, 0.3) is 0 Å². The van der Waals surface area contributed by atoms with Crippen LogP contribution in [0.4, 0.5) is 0 Å². The van der Waals surface area contributed by atoms with Crippen molar-refractivity contribution in [3.8, 4) is 0 Å². The van der Waals surface area contributed by atoms with E-state index < -0.39 is 0 Å². The van der Waals surface area contributed by atoms with Gasteiger partial charge >= 0.3 is 0 Å². The lowest BCUT2D eigenvalue weighted by Crippen LogP contribution is -2.28. The second-order valence-corrected chi connectivity index (χ2v) is 5.07. The second-order valence-electron chi connectivity index (χ2n) is 4.13. The highest BCUT2D eigenvalue weighted by molar-refractivity contribution is 7.99. The molecule has 2 heterocycles. The Bertz CT molecular complexity index is 558. The van der Waals surface area contributed by atoms with Crippen LogP contribution in [0.3, 0.4) is 0 Å². The van der Waals surface area contributed by atoms with Crippen molar-refractivity contribution in [1.82, 2.24) is 30.5 Å². The lowest BCUT2D eigenvalue weighted by Gasteiger charge is -2.12. The highest BCUT2D eigenvalue weighted by atomic mass is 32.2. The molecule has 20 heavy (non-hydrogen) atoms. The minimum absolute atomic E-state index is 0.0797. The van der Waals surface area contributed by atoms with E-state index in [9.17, 15) is 4.79 Å². The van der Waals surface area contributed by atoms with Crippen LogP contribution >= 0.6 is 11.8 Å². The van der Waals surface area contributed by atoms with Crippen molar-refractivity contribution in [2.75, 3.05) is 5.75 Å². The van der Waals surface area contributed by atoms with Gasteiger partial charge in [0.2, 0.25) is 11.1 Å². The summed E-state index contributed by atoms with van der Waals surface area (Å²) in [4.78, 5) is 24.0. The zero-order chi connectivity index (χ0) is 14.4. The summed E-state index contributed by atoms with van der Waals surface area (Å²) in [5.74, 6) is 1.02. The molecule has 0 fully saturated rings. The zero-order valence-electron chi connectivity index (χ0n) is 11.3. The molecule has 7 nitrogen and oxygen atoms in total. The van der Waals surface area contributed by atoms with Crippen molar-refractivity contribution in [2.24, 2.45) is 0 Å². The monoisotopic (exact) mass is 292 g/mol. The number of amides is 1. The molecule has 1 amide bonds. The van der Waals surface area contributed by atoms with Crippen molar-refractivity contribution in [1.29, 1.82) is 0 Å². The Morgan fingerprint density at radius 1 is 1.55 bits per heavy atom. The maximum Gasteiger partial charge on any atom is 0.231 e. The molecule has 0 radical (unpaired) electrons. The lowest BCUT2D eigenvalue weighted by atomic mass is 10.2. The first-order valence-corrected chi connectivity index (χ1v) is 7.27. The summed E-state index contributed by atoms with van der Waals surface area (Å²) in [6.45, 7) is 3.87. The van der Waals surface area contributed by atoms with Gasteiger partial charge in [0.15, 0.2) is 0 Å². The van der Waals surface area contributed by atoms with E-state index in [0.29, 0.717) is 5.16 Å². The molecule has 0 spiro atoms. The molecule has 0 bridgehead atoms. The number of hydrogen-bond donors (Lipinski definition) is 2. The van der Waals surface area contributed by atoms with Gasteiger partial charge in [-0.2, -0.15) is 0 Å². The Hall–Kier alpha value is -1.96. The number of nitrogens with zero attached hydrogens (tertiary/aromatic N) is 4. The van der Waals surface area contributed by atoms with E-state index in [2.05, 4.69) is 30.5 Å². The largest absolute Gasteiger partial charge is 0.347 e. The third-order valence-electron chi connectivity index (χ3n) is 2.60. The summed E-state index contributed by atoms with van der Waals surface area (Å²) >= 11 is 1.30. The highest BCUT2D eigenvalue weighted by Gasteiger charge is 2.12. The van der Waals surface area contributed by atoms with E-state index in [1.807, 2.05) is 13.8 Å². The van der Waals surface area contributed by atoms with Crippen LogP contribution in [-0.2, 0) is 11.2 Å². The molecule has 0 unspecified atom stereocenters. The maximum absolute atomic E-state index is 11.8. The van der Waals surface area contributed by atoms with E-state index in [4.69, 9.17) is 0 Å². The highest BCUT2D eigenvalue weighted by Crippen LogP contribution is 2.13. The van der Waals surface area contributed by atoms with Crippen LogP contribution in [0.2, 0.25) is 0 Å². The van der Waals surface area contributed by atoms with Crippen molar-refractivity contribution < 1.29 is 4.79 Å². The number of rotatable bonds is 6. The number of nitrogens with one attached hydrogen (secondary N) is 2. The van der Waals surface area contributed by atoms with Crippen LogP contribution < -0.4 is 5.32 Å². The number of H-pyrrole nitrogens is 1. The molecule has 2 aromatic heterocycles. The predicted octanol–water partition coefficient (Wildman–Crippen LogP) is 1.13. The minimum Gasteiger partial charge on any atom is -0.347 e. The summed E-state index contributed by atoms with van der Waals surface area (Å²) in [5, 5.41) is 10.3. The van der Waals surface area contributed by atoms with E-state index >= 15 is 0 Å². The van der Waals surface area contributed by atoms with Crippen LogP contribution in [0.1, 0.15) is 31.4 Å². The third kappa shape index (κ3) is 4.02. The van der Waals surface area contributed by atoms with Gasteiger partial charge < -0.3 is 5.32 Å². The van der Waals surface area contributed by atoms with Crippen LogP contribution in [0.5, 0.6) is 0 Å². The van der Waals surface area contributed by atoms with Crippen molar-refractivity contribution in [2.45, 2.75) is 31.5 Å². The summed E-state index contributed by atoms with van der Waals surface area (Å²) in [6, 6.07) is 1.63. The fraction of sp³-hybridized carbons (Fsp3) is 0.417. The molecule has 2 N–H and O–H groups in total. The summed E-state index contributed by atoms with van der Waals surface area (Å²) in [5.41, 5.74) is 0.782. The summed E-state index contributed by atoms with van der Waals surface area (Å²) < 4.78 is 0. The van der Waals surface area contributed by atoms with Gasteiger partial charge in [-0.05, 0) is 13.0 Å². The van der Waals surface area contributed by atoms with E-state index in [1.165, 1.54) is 18.1 Å². The van der Waals surface area contributed by atoms with E-state index in [1.54, 1.807) is 12.3 Å². The number of hydrogen-bond acceptors (Lipinski definition) is 6. The summed E-state index contributed by atoms with van der Waals surface area (Å²) in [7, 11) is 0. The molecule has 0 aliphatic carbocycles. The van der Waals surface area contributed by atoms with E-state index in [0.717, 1.165) is 17.9 Å². The summed E-state index contributed by atoms with van der Waals surface area (Å²) in [6.07, 6.45) is 3.91. The van der Waals surface area contributed by atoms with Gasteiger partial charge in [0.25, 0.3) is 0 Å². The first-order chi connectivity index (χ1) is 9.69. The van der Waals surface area contributed by atoms with Gasteiger partial charge in [0.05, 0.1) is 17.5 Å². The Balaban J connectivity index is 1.80. The van der Waals surface area contributed by atoms with Gasteiger partial charge in [-0.15, -0.1) is 5.10 Å². The quantitative estimate of drug-likeness (QED) is 0.775.